The molecule has 0 radical (unpaired) electrons. The van der Waals surface area contributed by atoms with Crippen molar-refractivity contribution in [2.45, 2.75) is 44.0 Å². The van der Waals surface area contributed by atoms with Crippen molar-refractivity contribution < 1.29 is 17.9 Å². The zero-order valence-electron chi connectivity index (χ0n) is 16.4. The van der Waals surface area contributed by atoms with E-state index < -0.39 is 10.0 Å². The number of nitrogens with zero attached hydrogens (tertiary/aromatic N) is 1. The van der Waals surface area contributed by atoms with Crippen molar-refractivity contribution in [2.75, 3.05) is 18.4 Å². The predicted molar refractivity (Wildman–Crippen MR) is 109 cm³/mol. The number of likely N-dealkylation sites (tertiary alicyclic amines) is 1. The second-order valence-electron chi connectivity index (χ2n) is 7.15. The van der Waals surface area contributed by atoms with E-state index in [0.29, 0.717) is 23.5 Å². The van der Waals surface area contributed by atoms with Gasteiger partial charge in [0.1, 0.15) is 5.75 Å². The van der Waals surface area contributed by atoms with Gasteiger partial charge in [-0.3, -0.25) is 9.52 Å². The average Bonchev–Trinajstić information content (AvgIpc) is 2.68. The van der Waals surface area contributed by atoms with Gasteiger partial charge in [0.2, 0.25) is 0 Å². The average molecular weight is 403 g/mol. The molecule has 28 heavy (non-hydrogen) atoms. The number of hydrogen-bond acceptors (Lipinski definition) is 4. The van der Waals surface area contributed by atoms with Crippen LogP contribution in [-0.2, 0) is 10.0 Å². The summed E-state index contributed by atoms with van der Waals surface area (Å²) in [6.45, 7) is 4.58. The van der Waals surface area contributed by atoms with Gasteiger partial charge >= 0.3 is 0 Å². The van der Waals surface area contributed by atoms with Gasteiger partial charge in [-0.15, -0.1) is 0 Å². The highest BCUT2D eigenvalue weighted by Crippen LogP contribution is 2.24. The van der Waals surface area contributed by atoms with Crippen LogP contribution in [0, 0.1) is 6.92 Å². The van der Waals surface area contributed by atoms with Crippen molar-refractivity contribution in [1.29, 1.82) is 0 Å². The maximum atomic E-state index is 13.0. The quantitative estimate of drug-likeness (QED) is 0.825. The number of hydrogen-bond donors (Lipinski definition) is 1. The molecule has 2 aromatic rings. The van der Waals surface area contributed by atoms with Crippen LogP contribution in [0.15, 0.2) is 47.4 Å². The van der Waals surface area contributed by atoms with E-state index in [9.17, 15) is 13.2 Å². The van der Waals surface area contributed by atoms with E-state index in [0.717, 1.165) is 24.8 Å². The largest absolute Gasteiger partial charge is 0.497 e. The number of anilines is 1. The van der Waals surface area contributed by atoms with Crippen molar-refractivity contribution >= 4 is 21.6 Å². The van der Waals surface area contributed by atoms with Gasteiger partial charge in [-0.1, -0.05) is 6.07 Å². The minimum atomic E-state index is -3.81. The molecule has 150 valence electrons. The highest BCUT2D eigenvalue weighted by Gasteiger charge is 2.26. The maximum Gasteiger partial charge on any atom is 0.261 e. The van der Waals surface area contributed by atoms with E-state index in [1.54, 1.807) is 37.4 Å². The molecule has 0 saturated carbocycles. The minimum absolute atomic E-state index is 0.0712. The SMILES string of the molecule is COc1ccc(NS(=O)(=O)c2ccc(C)c(C(=O)N3CCCCC3C)c2)cc1. The van der Waals surface area contributed by atoms with Crippen molar-refractivity contribution in [3.05, 3.63) is 53.6 Å². The van der Waals surface area contributed by atoms with Crippen molar-refractivity contribution in [2.24, 2.45) is 0 Å². The van der Waals surface area contributed by atoms with Gasteiger partial charge in [0.15, 0.2) is 0 Å². The van der Waals surface area contributed by atoms with E-state index in [2.05, 4.69) is 4.72 Å². The normalized spacial score (nSPS) is 17.2. The lowest BCUT2D eigenvalue weighted by Gasteiger charge is -2.34. The summed E-state index contributed by atoms with van der Waals surface area (Å²) in [5.41, 5.74) is 1.64. The van der Waals surface area contributed by atoms with Crippen LogP contribution in [0.4, 0.5) is 5.69 Å². The maximum absolute atomic E-state index is 13.0. The van der Waals surface area contributed by atoms with E-state index >= 15 is 0 Å². The van der Waals surface area contributed by atoms with Gasteiger partial charge in [-0.2, -0.15) is 0 Å². The van der Waals surface area contributed by atoms with Gasteiger partial charge in [0, 0.05) is 23.8 Å². The van der Waals surface area contributed by atoms with E-state index in [1.165, 1.54) is 12.1 Å². The van der Waals surface area contributed by atoms with Crippen LogP contribution in [0.2, 0.25) is 0 Å². The number of benzene rings is 2. The molecule has 1 unspecified atom stereocenters. The van der Waals surface area contributed by atoms with Crippen molar-refractivity contribution in [3.63, 3.8) is 0 Å². The highest BCUT2D eigenvalue weighted by molar-refractivity contribution is 7.92. The summed E-state index contributed by atoms with van der Waals surface area (Å²) in [5, 5.41) is 0. The van der Waals surface area contributed by atoms with Crippen LogP contribution < -0.4 is 9.46 Å². The number of aryl methyl sites for hydroxylation is 1. The molecule has 1 aliphatic rings. The first-order chi connectivity index (χ1) is 13.3. The van der Waals surface area contributed by atoms with E-state index in [4.69, 9.17) is 4.74 Å². The smallest absolute Gasteiger partial charge is 0.261 e. The van der Waals surface area contributed by atoms with Crippen LogP contribution >= 0.6 is 0 Å². The zero-order valence-corrected chi connectivity index (χ0v) is 17.3. The zero-order chi connectivity index (χ0) is 20.3. The Balaban J connectivity index is 1.87. The molecule has 1 heterocycles. The number of methoxy groups -OCH3 is 1. The van der Waals surface area contributed by atoms with Crippen LogP contribution in [0.3, 0.4) is 0 Å². The van der Waals surface area contributed by atoms with Gasteiger partial charge in [0.25, 0.3) is 15.9 Å². The molecule has 6 nitrogen and oxygen atoms in total. The number of amides is 1. The van der Waals surface area contributed by atoms with Crippen LogP contribution in [0.5, 0.6) is 5.75 Å². The van der Waals surface area contributed by atoms with E-state index in [-0.39, 0.29) is 16.8 Å². The van der Waals surface area contributed by atoms with Crippen LogP contribution in [0.25, 0.3) is 0 Å². The van der Waals surface area contributed by atoms with Gasteiger partial charge < -0.3 is 9.64 Å². The topological polar surface area (TPSA) is 75.7 Å². The summed E-state index contributed by atoms with van der Waals surface area (Å²) in [6, 6.07) is 11.5. The lowest BCUT2D eigenvalue weighted by molar-refractivity contribution is 0.0634. The monoisotopic (exact) mass is 402 g/mol. The molecule has 1 aliphatic heterocycles. The molecule has 7 heteroatoms. The molecule has 0 aliphatic carbocycles. The third-order valence-corrected chi connectivity index (χ3v) is 6.53. The first kappa shape index (κ1) is 20.2. The number of rotatable bonds is 5. The summed E-state index contributed by atoms with van der Waals surface area (Å²) in [7, 11) is -2.26. The number of sulfonamides is 1. The Labute approximate surface area is 166 Å². The van der Waals surface area contributed by atoms with Gasteiger partial charge in [-0.05, 0) is 75.1 Å². The predicted octanol–water partition coefficient (Wildman–Crippen LogP) is 3.82. The molecule has 1 amide bonds. The molecule has 1 atom stereocenters. The lowest BCUT2D eigenvalue weighted by atomic mass is 10.0. The number of piperidine rings is 1. The molecule has 0 aromatic heterocycles. The minimum Gasteiger partial charge on any atom is -0.497 e. The Morgan fingerprint density at radius 1 is 1.14 bits per heavy atom. The third-order valence-electron chi connectivity index (χ3n) is 5.16. The fourth-order valence-electron chi connectivity index (χ4n) is 3.43. The number of nitrogens with one attached hydrogen (secondary N) is 1. The van der Waals surface area contributed by atoms with E-state index in [1.807, 2.05) is 18.7 Å². The molecular formula is C21H26N2O4S. The summed E-state index contributed by atoms with van der Waals surface area (Å²) in [4.78, 5) is 15.0. The molecular weight excluding hydrogens is 376 g/mol. The lowest BCUT2D eigenvalue weighted by Crippen LogP contribution is -2.42. The number of carbonyl (C=O) groups excluding carboxylic acids is 1. The third kappa shape index (κ3) is 4.30. The number of carbonyl (C=O) groups is 1. The second-order valence-corrected chi connectivity index (χ2v) is 8.84. The summed E-state index contributed by atoms with van der Waals surface area (Å²) < 4.78 is 33.3. The molecule has 0 spiro atoms. The fourth-order valence-corrected chi connectivity index (χ4v) is 4.51. The molecule has 3 rings (SSSR count). The highest BCUT2D eigenvalue weighted by atomic mass is 32.2. The second kappa shape index (κ2) is 8.22. The van der Waals surface area contributed by atoms with Gasteiger partial charge in [-0.25, -0.2) is 8.42 Å². The van der Waals surface area contributed by atoms with Gasteiger partial charge in [0.05, 0.1) is 12.0 Å². The molecule has 2 aromatic carbocycles. The van der Waals surface area contributed by atoms with Crippen molar-refractivity contribution in [1.82, 2.24) is 4.90 Å². The first-order valence-corrected chi connectivity index (χ1v) is 10.9. The molecule has 1 saturated heterocycles. The Kier molecular flexibility index (Phi) is 5.93. The Morgan fingerprint density at radius 2 is 1.86 bits per heavy atom. The first-order valence-electron chi connectivity index (χ1n) is 9.40. The summed E-state index contributed by atoms with van der Waals surface area (Å²) >= 11 is 0. The standard InChI is InChI=1S/C21H26N2O4S/c1-15-7-12-19(14-20(15)21(24)23-13-5-4-6-16(23)2)28(25,26)22-17-8-10-18(27-3)11-9-17/h7-12,14,16,22H,4-6,13H2,1-3H3. The summed E-state index contributed by atoms with van der Waals surface area (Å²) in [5.74, 6) is 0.535. The van der Waals surface area contributed by atoms with Crippen molar-refractivity contribution in [3.8, 4) is 5.75 Å². The van der Waals surface area contributed by atoms with Crippen LogP contribution in [-0.4, -0.2) is 38.9 Å². The molecule has 0 bridgehead atoms. The Morgan fingerprint density at radius 3 is 2.50 bits per heavy atom. The Hall–Kier alpha value is -2.54. The fraction of sp³-hybridized carbons (Fsp3) is 0.381. The van der Waals surface area contributed by atoms with Crippen LogP contribution in [0.1, 0.15) is 42.1 Å². The summed E-state index contributed by atoms with van der Waals surface area (Å²) in [6.07, 6.45) is 3.07. The molecule has 1 fully saturated rings. The molecule has 1 N–H and O–H groups in total. The number of ether oxygens (including phenoxy) is 1. The Bertz CT molecular complexity index is 955.